The Morgan fingerprint density at radius 3 is 2.92 bits per heavy atom. The third-order valence-corrected chi connectivity index (χ3v) is 3.49. The Balaban J connectivity index is 1.98. The van der Waals surface area contributed by atoms with Crippen LogP contribution in [0.5, 0.6) is 0 Å². The molecular formula is C8H13N3OS. The first-order valence-corrected chi connectivity index (χ1v) is 5.10. The first kappa shape index (κ1) is 8.90. The van der Waals surface area contributed by atoms with E-state index < -0.39 is 0 Å². The summed E-state index contributed by atoms with van der Waals surface area (Å²) in [6.07, 6.45) is 2.34. The second kappa shape index (κ2) is 2.92. The van der Waals surface area contributed by atoms with E-state index in [1.165, 1.54) is 11.5 Å². The van der Waals surface area contributed by atoms with E-state index >= 15 is 0 Å². The Kier molecular flexibility index (Phi) is 2.00. The highest BCUT2D eigenvalue weighted by atomic mass is 32.1. The Morgan fingerprint density at radius 1 is 1.69 bits per heavy atom. The summed E-state index contributed by atoms with van der Waals surface area (Å²) in [5.41, 5.74) is -0.0377. The van der Waals surface area contributed by atoms with Crippen LogP contribution >= 0.6 is 11.5 Å². The highest BCUT2D eigenvalue weighted by molar-refractivity contribution is 7.09. The van der Waals surface area contributed by atoms with E-state index in [-0.39, 0.29) is 11.5 Å². The summed E-state index contributed by atoms with van der Waals surface area (Å²) in [6, 6.07) is 0.338. The van der Waals surface area contributed by atoms with Crippen molar-refractivity contribution in [2.45, 2.75) is 32.4 Å². The van der Waals surface area contributed by atoms with Crippen molar-refractivity contribution >= 4 is 16.5 Å². The van der Waals surface area contributed by atoms with Gasteiger partial charge < -0.3 is 10.4 Å². The zero-order valence-corrected chi connectivity index (χ0v) is 8.51. The molecule has 2 rings (SSSR count). The smallest absolute Gasteiger partial charge is 0.130 e. The standard InChI is InChI=1S/C8H13N3OS/c1-8(2)5(3-6(8)12)10-7-4-9-11-13-7/h4-6,10,12H,3H2,1-2H3. The molecule has 0 aliphatic heterocycles. The Morgan fingerprint density at radius 2 is 2.46 bits per heavy atom. The van der Waals surface area contributed by atoms with Crippen molar-refractivity contribution in [3.63, 3.8) is 0 Å². The van der Waals surface area contributed by atoms with Gasteiger partial charge in [-0.25, -0.2) is 0 Å². The number of hydrogen-bond acceptors (Lipinski definition) is 5. The van der Waals surface area contributed by atoms with E-state index in [1.54, 1.807) is 6.20 Å². The van der Waals surface area contributed by atoms with Gasteiger partial charge in [0, 0.05) is 23.0 Å². The van der Waals surface area contributed by atoms with Crippen LogP contribution < -0.4 is 5.32 Å². The van der Waals surface area contributed by atoms with E-state index in [2.05, 4.69) is 28.8 Å². The van der Waals surface area contributed by atoms with Crippen LogP contribution in [0.4, 0.5) is 5.00 Å². The van der Waals surface area contributed by atoms with Gasteiger partial charge in [-0.05, 0) is 6.42 Å². The van der Waals surface area contributed by atoms with Crippen LogP contribution in [0.15, 0.2) is 6.20 Å². The molecule has 1 aromatic rings. The van der Waals surface area contributed by atoms with Gasteiger partial charge >= 0.3 is 0 Å². The van der Waals surface area contributed by atoms with Gasteiger partial charge in [0.15, 0.2) is 0 Å². The highest BCUT2D eigenvalue weighted by Gasteiger charge is 2.47. The molecule has 1 aliphatic carbocycles. The number of hydrogen-bond donors (Lipinski definition) is 2. The molecule has 0 aromatic carbocycles. The van der Waals surface area contributed by atoms with Gasteiger partial charge in [-0.2, -0.15) is 0 Å². The van der Waals surface area contributed by atoms with Crippen LogP contribution in [0.2, 0.25) is 0 Å². The average molecular weight is 199 g/mol. The van der Waals surface area contributed by atoms with Crippen molar-refractivity contribution in [1.29, 1.82) is 0 Å². The van der Waals surface area contributed by atoms with Gasteiger partial charge in [-0.1, -0.05) is 18.3 Å². The molecule has 0 saturated heterocycles. The third-order valence-electron chi connectivity index (χ3n) is 2.89. The van der Waals surface area contributed by atoms with Crippen LogP contribution in [-0.2, 0) is 0 Å². The molecule has 2 unspecified atom stereocenters. The second-order valence-electron chi connectivity index (χ2n) is 4.05. The molecule has 1 aliphatic rings. The topological polar surface area (TPSA) is 58.0 Å². The molecule has 4 nitrogen and oxygen atoms in total. The van der Waals surface area contributed by atoms with Gasteiger partial charge in [-0.3, -0.25) is 0 Å². The summed E-state index contributed by atoms with van der Waals surface area (Å²) in [5.74, 6) is 0. The van der Waals surface area contributed by atoms with Crippen molar-refractivity contribution < 1.29 is 5.11 Å². The molecule has 1 aromatic heterocycles. The number of nitrogens with one attached hydrogen (secondary N) is 1. The van der Waals surface area contributed by atoms with Crippen molar-refractivity contribution in [2.24, 2.45) is 5.41 Å². The van der Waals surface area contributed by atoms with E-state index in [9.17, 15) is 5.11 Å². The van der Waals surface area contributed by atoms with E-state index in [4.69, 9.17) is 0 Å². The maximum Gasteiger partial charge on any atom is 0.130 e. The van der Waals surface area contributed by atoms with E-state index in [0.717, 1.165) is 11.4 Å². The number of anilines is 1. The molecule has 2 N–H and O–H groups in total. The molecule has 1 fully saturated rings. The fraction of sp³-hybridized carbons (Fsp3) is 0.750. The minimum atomic E-state index is -0.189. The maximum absolute atomic E-state index is 9.51. The zero-order chi connectivity index (χ0) is 9.47. The lowest BCUT2D eigenvalue weighted by Gasteiger charge is -2.49. The average Bonchev–Trinajstić information content (AvgIpc) is 2.56. The number of aromatic nitrogens is 2. The van der Waals surface area contributed by atoms with Crippen molar-refractivity contribution in [3.8, 4) is 0 Å². The predicted molar refractivity (Wildman–Crippen MR) is 51.7 cm³/mol. The van der Waals surface area contributed by atoms with Gasteiger partial charge in [0.1, 0.15) is 5.00 Å². The molecule has 5 heteroatoms. The zero-order valence-electron chi connectivity index (χ0n) is 7.69. The summed E-state index contributed by atoms with van der Waals surface area (Å²) in [4.78, 5) is 0. The lowest BCUT2D eigenvalue weighted by atomic mass is 9.65. The maximum atomic E-state index is 9.51. The molecule has 1 heterocycles. The Hall–Kier alpha value is -0.680. The molecule has 13 heavy (non-hydrogen) atoms. The minimum absolute atomic E-state index is 0.0377. The minimum Gasteiger partial charge on any atom is -0.392 e. The van der Waals surface area contributed by atoms with Crippen molar-refractivity contribution in [1.82, 2.24) is 9.59 Å². The molecule has 1 saturated carbocycles. The summed E-state index contributed by atoms with van der Waals surface area (Å²) >= 11 is 1.35. The van der Waals surface area contributed by atoms with Gasteiger partial charge in [0.25, 0.3) is 0 Å². The summed E-state index contributed by atoms with van der Waals surface area (Å²) < 4.78 is 3.77. The number of aliphatic hydroxyl groups excluding tert-OH is 1. The summed E-state index contributed by atoms with van der Waals surface area (Å²) in [6.45, 7) is 4.13. The normalized spacial score (nSPS) is 31.0. The van der Waals surface area contributed by atoms with Crippen LogP contribution in [-0.4, -0.2) is 26.8 Å². The first-order valence-electron chi connectivity index (χ1n) is 4.32. The molecule has 0 amide bonds. The predicted octanol–water partition coefficient (Wildman–Crippen LogP) is 1.11. The van der Waals surface area contributed by atoms with Gasteiger partial charge in [0.05, 0.1) is 12.3 Å². The number of nitrogens with zero attached hydrogens (tertiary/aromatic N) is 2. The van der Waals surface area contributed by atoms with Gasteiger partial charge in [-0.15, -0.1) is 5.10 Å². The quantitative estimate of drug-likeness (QED) is 0.749. The van der Waals surface area contributed by atoms with Crippen LogP contribution in [0.3, 0.4) is 0 Å². The molecular weight excluding hydrogens is 186 g/mol. The monoisotopic (exact) mass is 199 g/mol. The molecule has 0 radical (unpaired) electrons. The fourth-order valence-corrected chi connectivity index (χ4v) is 2.02. The van der Waals surface area contributed by atoms with E-state index in [1.807, 2.05) is 0 Å². The highest BCUT2D eigenvalue weighted by Crippen LogP contribution is 2.42. The molecule has 0 bridgehead atoms. The lowest BCUT2D eigenvalue weighted by Crippen LogP contribution is -2.56. The van der Waals surface area contributed by atoms with Crippen molar-refractivity contribution in [2.75, 3.05) is 5.32 Å². The summed E-state index contributed by atoms with van der Waals surface area (Å²) in [7, 11) is 0. The van der Waals surface area contributed by atoms with Crippen molar-refractivity contribution in [3.05, 3.63) is 6.20 Å². The molecule has 0 spiro atoms. The summed E-state index contributed by atoms with van der Waals surface area (Å²) in [5, 5.41) is 17.5. The molecule has 72 valence electrons. The SMILES string of the molecule is CC1(C)C(O)CC1Nc1cnns1. The van der Waals surface area contributed by atoms with E-state index in [0.29, 0.717) is 6.04 Å². The number of rotatable bonds is 2. The largest absolute Gasteiger partial charge is 0.392 e. The number of aliphatic hydroxyl groups is 1. The third kappa shape index (κ3) is 1.42. The molecule has 2 atom stereocenters. The Bertz CT molecular complexity index is 286. The lowest BCUT2D eigenvalue weighted by molar-refractivity contribution is -0.0509. The Labute approximate surface area is 81.1 Å². The second-order valence-corrected chi connectivity index (χ2v) is 4.84. The first-order chi connectivity index (χ1) is 6.10. The van der Waals surface area contributed by atoms with Gasteiger partial charge in [0.2, 0.25) is 0 Å². The van der Waals surface area contributed by atoms with Crippen LogP contribution in [0, 0.1) is 5.41 Å². The fourth-order valence-electron chi connectivity index (χ4n) is 1.55. The van der Waals surface area contributed by atoms with Crippen LogP contribution in [0.1, 0.15) is 20.3 Å². The van der Waals surface area contributed by atoms with Crippen LogP contribution in [0.25, 0.3) is 0 Å².